The maximum absolute atomic E-state index is 11.9. The van der Waals surface area contributed by atoms with E-state index in [2.05, 4.69) is 10.3 Å². The Labute approximate surface area is 134 Å². The van der Waals surface area contributed by atoms with Crippen molar-refractivity contribution in [3.8, 4) is 0 Å². The summed E-state index contributed by atoms with van der Waals surface area (Å²) >= 11 is 13.3. The van der Waals surface area contributed by atoms with E-state index < -0.39 is 0 Å². The molecule has 21 heavy (non-hydrogen) atoms. The molecule has 2 heterocycles. The lowest BCUT2D eigenvalue weighted by Gasteiger charge is -2.01. The molecule has 106 valence electrons. The molecule has 0 fully saturated rings. The third-order valence-electron chi connectivity index (χ3n) is 2.76. The molecule has 0 aliphatic carbocycles. The molecule has 1 aromatic carbocycles. The van der Waals surface area contributed by atoms with Gasteiger partial charge in [-0.2, -0.15) is 0 Å². The molecule has 4 nitrogen and oxygen atoms in total. The number of nitrogens with one attached hydrogen (secondary N) is 1. The predicted molar refractivity (Wildman–Crippen MR) is 87.2 cm³/mol. The van der Waals surface area contributed by atoms with Crippen LogP contribution in [0.15, 0.2) is 41.9 Å². The summed E-state index contributed by atoms with van der Waals surface area (Å²) in [6, 6.07) is 6.89. The number of imidazole rings is 1. The molecular weight excluding hydrogens is 329 g/mol. The second-order valence-electron chi connectivity index (χ2n) is 4.17. The number of hydrogen-bond acceptors (Lipinski definition) is 3. The van der Waals surface area contributed by atoms with Gasteiger partial charge >= 0.3 is 0 Å². The van der Waals surface area contributed by atoms with Crippen molar-refractivity contribution in [1.29, 1.82) is 0 Å². The fraction of sp³-hybridized carbons (Fsp3) is 0. The summed E-state index contributed by atoms with van der Waals surface area (Å²) in [6.07, 6.45) is 4.91. The molecule has 0 saturated carbocycles. The van der Waals surface area contributed by atoms with Crippen molar-refractivity contribution in [3.63, 3.8) is 0 Å². The summed E-state index contributed by atoms with van der Waals surface area (Å²) in [4.78, 5) is 16.9. The standard InChI is InChI=1S/C14H9Cl2N3OS/c15-9-1-3-10(4-2-9)17-12(20)6-5-11-13(16)18-14-19(11)7-8-21-14/h1-8H,(H,17,20)/b6-5+. The number of nitrogens with zero attached hydrogens (tertiary/aromatic N) is 2. The zero-order chi connectivity index (χ0) is 14.8. The normalized spacial score (nSPS) is 11.3. The molecule has 1 amide bonds. The van der Waals surface area contributed by atoms with Gasteiger partial charge in [-0.3, -0.25) is 9.20 Å². The third-order valence-corrected chi connectivity index (χ3v) is 4.05. The molecule has 0 aliphatic heterocycles. The molecule has 7 heteroatoms. The maximum Gasteiger partial charge on any atom is 0.248 e. The average molecular weight is 338 g/mol. The topological polar surface area (TPSA) is 46.4 Å². The third kappa shape index (κ3) is 3.10. The van der Waals surface area contributed by atoms with Crippen molar-refractivity contribution in [2.24, 2.45) is 0 Å². The number of rotatable bonds is 3. The zero-order valence-corrected chi connectivity index (χ0v) is 12.9. The minimum atomic E-state index is -0.251. The Balaban J connectivity index is 1.76. The summed E-state index contributed by atoms with van der Waals surface area (Å²) < 4.78 is 1.83. The molecule has 0 saturated heterocycles. The number of carbonyl (C=O) groups excluding carboxylic acids is 1. The van der Waals surface area contributed by atoms with Crippen LogP contribution in [0.2, 0.25) is 10.2 Å². The van der Waals surface area contributed by atoms with Gasteiger partial charge in [0.2, 0.25) is 5.91 Å². The van der Waals surface area contributed by atoms with Crippen LogP contribution in [0.5, 0.6) is 0 Å². The maximum atomic E-state index is 11.9. The van der Waals surface area contributed by atoms with E-state index in [1.165, 1.54) is 17.4 Å². The molecule has 0 aliphatic rings. The van der Waals surface area contributed by atoms with Crippen LogP contribution in [0.4, 0.5) is 5.69 Å². The largest absolute Gasteiger partial charge is 0.323 e. The highest BCUT2D eigenvalue weighted by molar-refractivity contribution is 7.15. The molecule has 1 N–H and O–H groups in total. The Morgan fingerprint density at radius 3 is 2.81 bits per heavy atom. The minimum Gasteiger partial charge on any atom is -0.323 e. The Morgan fingerprint density at radius 1 is 1.29 bits per heavy atom. The lowest BCUT2D eigenvalue weighted by Crippen LogP contribution is -2.07. The van der Waals surface area contributed by atoms with Gasteiger partial charge in [-0.15, -0.1) is 11.3 Å². The van der Waals surface area contributed by atoms with Gasteiger partial charge < -0.3 is 5.32 Å². The van der Waals surface area contributed by atoms with E-state index >= 15 is 0 Å². The van der Waals surface area contributed by atoms with E-state index in [1.807, 2.05) is 16.0 Å². The van der Waals surface area contributed by atoms with Gasteiger partial charge in [-0.1, -0.05) is 23.2 Å². The number of halogens is 2. The highest BCUT2D eigenvalue weighted by Crippen LogP contribution is 2.22. The quantitative estimate of drug-likeness (QED) is 0.722. The van der Waals surface area contributed by atoms with Gasteiger partial charge in [-0.05, 0) is 30.3 Å². The van der Waals surface area contributed by atoms with Gasteiger partial charge in [-0.25, -0.2) is 4.98 Å². The number of carbonyl (C=O) groups is 1. The summed E-state index contributed by atoms with van der Waals surface area (Å²) in [5.74, 6) is -0.251. The molecule has 0 atom stereocenters. The summed E-state index contributed by atoms with van der Waals surface area (Å²) in [6.45, 7) is 0. The molecular formula is C14H9Cl2N3OS. The first kappa shape index (κ1) is 14.1. The summed E-state index contributed by atoms with van der Waals surface area (Å²) in [5, 5.41) is 5.64. The average Bonchev–Trinajstić information content (AvgIpc) is 3.00. The number of aromatic nitrogens is 2. The molecule has 0 spiro atoms. The summed E-state index contributed by atoms with van der Waals surface area (Å²) in [7, 11) is 0. The number of amides is 1. The van der Waals surface area contributed by atoms with Crippen molar-refractivity contribution in [2.45, 2.75) is 0 Å². The number of benzene rings is 1. The lowest BCUT2D eigenvalue weighted by atomic mass is 10.3. The van der Waals surface area contributed by atoms with Crippen LogP contribution >= 0.6 is 34.5 Å². The van der Waals surface area contributed by atoms with Crippen LogP contribution < -0.4 is 5.32 Å². The van der Waals surface area contributed by atoms with Crippen LogP contribution in [-0.4, -0.2) is 15.3 Å². The van der Waals surface area contributed by atoms with Crippen LogP contribution in [0, 0.1) is 0 Å². The Hall–Kier alpha value is -1.82. The van der Waals surface area contributed by atoms with Crippen LogP contribution in [0.3, 0.4) is 0 Å². The van der Waals surface area contributed by atoms with Gasteiger partial charge in [0.1, 0.15) is 0 Å². The van der Waals surface area contributed by atoms with E-state index in [0.717, 1.165) is 4.96 Å². The van der Waals surface area contributed by atoms with Crippen LogP contribution in [0.25, 0.3) is 11.0 Å². The Kier molecular flexibility index (Phi) is 3.96. The first-order chi connectivity index (χ1) is 10.1. The molecule has 0 unspecified atom stereocenters. The van der Waals surface area contributed by atoms with E-state index in [9.17, 15) is 4.79 Å². The number of thiazole rings is 1. The smallest absolute Gasteiger partial charge is 0.248 e. The van der Waals surface area contributed by atoms with E-state index in [0.29, 0.717) is 21.6 Å². The molecule has 3 rings (SSSR count). The number of anilines is 1. The van der Waals surface area contributed by atoms with Gasteiger partial charge in [0.05, 0.1) is 5.69 Å². The number of fused-ring (bicyclic) bond motifs is 1. The fourth-order valence-electron chi connectivity index (χ4n) is 1.80. The highest BCUT2D eigenvalue weighted by atomic mass is 35.5. The van der Waals surface area contributed by atoms with Crippen molar-refractivity contribution in [2.75, 3.05) is 5.32 Å². The van der Waals surface area contributed by atoms with Crippen molar-refractivity contribution in [1.82, 2.24) is 9.38 Å². The van der Waals surface area contributed by atoms with Crippen LogP contribution in [0.1, 0.15) is 5.69 Å². The van der Waals surface area contributed by atoms with E-state index in [4.69, 9.17) is 23.2 Å². The van der Waals surface area contributed by atoms with Gasteiger partial charge in [0.15, 0.2) is 10.1 Å². The number of hydrogen-bond donors (Lipinski definition) is 1. The van der Waals surface area contributed by atoms with Crippen molar-refractivity contribution >= 4 is 57.2 Å². The van der Waals surface area contributed by atoms with E-state index in [-0.39, 0.29) is 5.91 Å². The Bertz CT molecular complexity index is 820. The molecule has 0 radical (unpaired) electrons. The van der Waals surface area contributed by atoms with Gasteiger partial charge in [0.25, 0.3) is 0 Å². The predicted octanol–water partition coefficient (Wildman–Crippen LogP) is 4.35. The second-order valence-corrected chi connectivity index (χ2v) is 5.84. The minimum absolute atomic E-state index is 0.251. The van der Waals surface area contributed by atoms with Crippen molar-refractivity contribution in [3.05, 3.63) is 57.8 Å². The molecule has 2 aromatic heterocycles. The molecule has 0 bridgehead atoms. The van der Waals surface area contributed by atoms with Gasteiger partial charge in [0, 0.05) is 28.4 Å². The van der Waals surface area contributed by atoms with E-state index in [1.54, 1.807) is 30.3 Å². The molecule has 3 aromatic rings. The van der Waals surface area contributed by atoms with Crippen molar-refractivity contribution < 1.29 is 4.79 Å². The fourth-order valence-corrected chi connectivity index (χ4v) is 2.93. The highest BCUT2D eigenvalue weighted by Gasteiger charge is 2.08. The first-order valence-corrected chi connectivity index (χ1v) is 7.63. The SMILES string of the molecule is O=C(/C=C/c1c(Cl)nc2sccn12)Nc1ccc(Cl)cc1. The zero-order valence-electron chi connectivity index (χ0n) is 10.6. The monoisotopic (exact) mass is 337 g/mol. The lowest BCUT2D eigenvalue weighted by molar-refractivity contribution is -0.111. The van der Waals surface area contributed by atoms with Crippen LogP contribution in [-0.2, 0) is 4.79 Å². The Morgan fingerprint density at radius 2 is 2.05 bits per heavy atom. The first-order valence-electron chi connectivity index (χ1n) is 5.99. The summed E-state index contributed by atoms with van der Waals surface area (Å²) in [5.41, 5.74) is 1.35. The second kappa shape index (κ2) is 5.89.